The molecular formula is C9H9NO2S2. The van der Waals surface area contributed by atoms with Gasteiger partial charge in [-0.3, -0.25) is 0 Å². The molecule has 0 saturated carbocycles. The van der Waals surface area contributed by atoms with Crippen LogP contribution in [0.3, 0.4) is 0 Å². The lowest BCUT2D eigenvalue weighted by Gasteiger charge is -2.01. The minimum Gasteiger partial charge on any atom is -0.461 e. The molecule has 0 aliphatic rings. The Labute approximate surface area is 90.7 Å². The molecule has 74 valence electrons. The SMILES string of the molecule is CSCCOC(=O)c1sccc1C#N. The van der Waals surface area contributed by atoms with Crippen LogP contribution in [0, 0.1) is 11.3 Å². The van der Waals surface area contributed by atoms with E-state index in [9.17, 15) is 4.79 Å². The lowest BCUT2D eigenvalue weighted by molar-refractivity contribution is 0.0536. The number of hydrogen-bond donors (Lipinski definition) is 0. The summed E-state index contributed by atoms with van der Waals surface area (Å²) in [7, 11) is 0. The molecule has 1 heterocycles. The molecule has 0 atom stereocenters. The highest BCUT2D eigenvalue weighted by molar-refractivity contribution is 7.98. The summed E-state index contributed by atoms with van der Waals surface area (Å²) >= 11 is 2.85. The predicted molar refractivity (Wildman–Crippen MR) is 57.7 cm³/mol. The molecular weight excluding hydrogens is 218 g/mol. The van der Waals surface area contributed by atoms with Gasteiger partial charge in [0.05, 0.1) is 5.56 Å². The molecule has 0 radical (unpaired) electrons. The highest BCUT2D eigenvalue weighted by Crippen LogP contribution is 2.16. The van der Waals surface area contributed by atoms with Gasteiger partial charge in [0.15, 0.2) is 0 Å². The summed E-state index contributed by atoms with van der Waals surface area (Å²) in [4.78, 5) is 11.8. The van der Waals surface area contributed by atoms with E-state index < -0.39 is 5.97 Å². The molecule has 3 nitrogen and oxygen atoms in total. The first-order valence-electron chi connectivity index (χ1n) is 3.93. The van der Waals surface area contributed by atoms with Crippen molar-refractivity contribution < 1.29 is 9.53 Å². The van der Waals surface area contributed by atoms with E-state index in [0.717, 1.165) is 5.75 Å². The number of esters is 1. The Balaban J connectivity index is 2.57. The lowest BCUT2D eigenvalue weighted by atomic mass is 10.3. The van der Waals surface area contributed by atoms with Gasteiger partial charge in [-0.2, -0.15) is 17.0 Å². The van der Waals surface area contributed by atoms with Crippen LogP contribution < -0.4 is 0 Å². The summed E-state index contributed by atoms with van der Waals surface area (Å²) in [5.74, 6) is 0.379. The van der Waals surface area contributed by atoms with Gasteiger partial charge in [0.2, 0.25) is 0 Å². The Morgan fingerprint density at radius 2 is 2.57 bits per heavy atom. The van der Waals surface area contributed by atoms with Crippen LogP contribution in [0.5, 0.6) is 0 Å². The van der Waals surface area contributed by atoms with Crippen molar-refractivity contribution >= 4 is 29.1 Å². The van der Waals surface area contributed by atoms with Crippen molar-refractivity contribution in [2.24, 2.45) is 0 Å². The van der Waals surface area contributed by atoms with E-state index >= 15 is 0 Å². The molecule has 0 unspecified atom stereocenters. The molecule has 0 aromatic carbocycles. The van der Waals surface area contributed by atoms with Crippen LogP contribution in [0.15, 0.2) is 11.4 Å². The lowest BCUT2D eigenvalue weighted by Crippen LogP contribution is -2.07. The molecule has 14 heavy (non-hydrogen) atoms. The molecule has 0 saturated heterocycles. The van der Waals surface area contributed by atoms with Gasteiger partial charge in [0, 0.05) is 5.75 Å². The van der Waals surface area contributed by atoms with Crippen LogP contribution in [-0.4, -0.2) is 24.6 Å². The first kappa shape index (κ1) is 11.1. The Kier molecular flexibility index (Phi) is 4.50. The molecule has 0 aliphatic carbocycles. The third-order valence-corrected chi connectivity index (χ3v) is 2.96. The number of nitrogens with zero attached hydrogens (tertiary/aromatic N) is 1. The molecule has 0 bridgehead atoms. The summed E-state index contributed by atoms with van der Waals surface area (Å²) in [6.07, 6.45) is 1.94. The van der Waals surface area contributed by atoms with Crippen molar-refractivity contribution in [3.63, 3.8) is 0 Å². The topological polar surface area (TPSA) is 50.1 Å². The molecule has 0 aliphatic heterocycles. The highest BCUT2D eigenvalue weighted by atomic mass is 32.2. The van der Waals surface area contributed by atoms with Gasteiger partial charge in [0.1, 0.15) is 17.6 Å². The van der Waals surface area contributed by atoms with E-state index in [2.05, 4.69) is 0 Å². The molecule has 1 aromatic heterocycles. The molecule has 0 N–H and O–H groups in total. The Morgan fingerprint density at radius 1 is 1.79 bits per heavy atom. The maximum Gasteiger partial charge on any atom is 0.349 e. The molecule has 0 spiro atoms. The maximum atomic E-state index is 11.4. The number of ether oxygens (including phenoxy) is 1. The number of nitriles is 1. The minimum absolute atomic E-state index is 0.392. The van der Waals surface area contributed by atoms with Gasteiger partial charge in [-0.05, 0) is 17.7 Å². The van der Waals surface area contributed by atoms with Crippen LogP contribution in [0.2, 0.25) is 0 Å². The van der Waals surface area contributed by atoms with E-state index in [1.165, 1.54) is 11.3 Å². The Morgan fingerprint density at radius 3 is 3.21 bits per heavy atom. The van der Waals surface area contributed by atoms with Crippen molar-refractivity contribution in [2.45, 2.75) is 0 Å². The van der Waals surface area contributed by atoms with Crippen LogP contribution in [0.1, 0.15) is 15.2 Å². The van der Waals surface area contributed by atoms with Gasteiger partial charge < -0.3 is 4.74 Å². The largest absolute Gasteiger partial charge is 0.461 e. The van der Waals surface area contributed by atoms with Crippen molar-refractivity contribution in [2.75, 3.05) is 18.6 Å². The third kappa shape index (κ3) is 2.76. The number of hydrogen-bond acceptors (Lipinski definition) is 5. The van der Waals surface area contributed by atoms with Gasteiger partial charge in [0.25, 0.3) is 0 Å². The van der Waals surface area contributed by atoms with E-state index in [4.69, 9.17) is 10.00 Å². The molecule has 0 amide bonds. The predicted octanol–water partition coefficient (Wildman–Crippen LogP) is 2.14. The Bertz CT molecular complexity index is 354. The second kappa shape index (κ2) is 5.68. The van der Waals surface area contributed by atoms with Gasteiger partial charge in [-0.15, -0.1) is 11.3 Å². The first-order valence-corrected chi connectivity index (χ1v) is 6.20. The number of carbonyl (C=O) groups excluding carboxylic acids is 1. The minimum atomic E-state index is -0.398. The van der Waals surface area contributed by atoms with Crippen LogP contribution >= 0.6 is 23.1 Å². The fourth-order valence-electron chi connectivity index (χ4n) is 0.839. The van der Waals surface area contributed by atoms with Gasteiger partial charge in [-0.1, -0.05) is 0 Å². The highest BCUT2D eigenvalue weighted by Gasteiger charge is 2.13. The van der Waals surface area contributed by atoms with E-state index in [1.807, 2.05) is 12.3 Å². The average Bonchev–Trinajstić information content (AvgIpc) is 2.65. The number of rotatable bonds is 4. The van der Waals surface area contributed by atoms with Crippen LogP contribution in [0.25, 0.3) is 0 Å². The summed E-state index contributed by atoms with van der Waals surface area (Å²) in [6.45, 7) is 0.392. The van der Waals surface area contributed by atoms with E-state index in [-0.39, 0.29) is 0 Å². The maximum absolute atomic E-state index is 11.4. The summed E-state index contributed by atoms with van der Waals surface area (Å²) in [5, 5.41) is 10.4. The number of thioether (sulfide) groups is 1. The average molecular weight is 227 g/mol. The van der Waals surface area contributed by atoms with Crippen molar-refractivity contribution in [1.29, 1.82) is 5.26 Å². The van der Waals surface area contributed by atoms with E-state index in [0.29, 0.717) is 17.0 Å². The smallest absolute Gasteiger partial charge is 0.349 e. The van der Waals surface area contributed by atoms with Crippen molar-refractivity contribution in [3.8, 4) is 6.07 Å². The normalized spacial score (nSPS) is 9.43. The zero-order chi connectivity index (χ0) is 10.4. The van der Waals surface area contributed by atoms with Crippen molar-refractivity contribution in [3.05, 3.63) is 21.9 Å². The van der Waals surface area contributed by atoms with Crippen LogP contribution in [-0.2, 0) is 4.74 Å². The third-order valence-electron chi connectivity index (χ3n) is 1.49. The zero-order valence-electron chi connectivity index (χ0n) is 7.65. The summed E-state index contributed by atoms with van der Waals surface area (Å²) in [5.41, 5.74) is 0.393. The number of carbonyl (C=O) groups is 1. The van der Waals surface area contributed by atoms with Gasteiger partial charge in [-0.25, -0.2) is 4.79 Å². The second-order valence-corrected chi connectivity index (χ2v) is 4.31. The monoisotopic (exact) mass is 227 g/mol. The van der Waals surface area contributed by atoms with Crippen LogP contribution in [0.4, 0.5) is 0 Å². The zero-order valence-corrected chi connectivity index (χ0v) is 9.28. The quantitative estimate of drug-likeness (QED) is 0.584. The summed E-state index contributed by atoms with van der Waals surface area (Å²) < 4.78 is 4.97. The van der Waals surface area contributed by atoms with Crippen molar-refractivity contribution in [1.82, 2.24) is 0 Å². The molecule has 5 heteroatoms. The van der Waals surface area contributed by atoms with E-state index in [1.54, 1.807) is 23.2 Å². The fraction of sp³-hybridized carbons (Fsp3) is 0.333. The summed E-state index contributed by atoms with van der Waals surface area (Å²) in [6, 6.07) is 3.57. The molecule has 0 fully saturated rings. The Hall–Kier alpha value is -0.990. The molecule has 1 aromatic rings. The first-order chi connectivity index (χ1) is 6.79. The fourth-order valence-corrected chi connectivity index (χ4v) is 1.82. The molecule has 1 rings (SSSR count). The number of thiophene rings is 1. The second-order valence-electron chi connectivity index (χ2n) is 2.40. The van der Waals surface area contributed by atoms with Gasteiger partial charge >= 0.3 is 5.97 Å². The standard InChI is InChI=1S/C9H9NO2S2/c1-13-5-3-12-9(11)8-7(6-10)2-4-14-8/h2,4H,3,5H2,1H3.